The third-order valence-corrected chi connectivity index (χ3v) is 3.86. The molecule has 0 atom stereocenters. The van der Waals surface area contributed by atoms with Crippen LogP contribution in [0.25, 0.3) is 0 Å². The molecule has 20 heavy (non-hydrogen) atoms. The molecule has 0 radical (unpaired) electrons. The number of anilines is 2. The van der Waals surface area contributed by atoms with Crippen molar-refractivity contribution in [3.63, 3.8) is 0 Å². The molecule has 6 heteroatoms. The number of carbonyl (C=O) groups excluding carboxylic acids is 1. The van der Waals surface area contributed by atoms with Crippen LogP contribution in [0.1, 0.15) is 19.3 Å². The van der Waals surface area contributed by atoms with Crippen molar-refractivity contribution >= 4 is 23.1 Å². The van der Waals surface area contributed by atoms with Crippen molar-refractivity contribution < 1.29 is 10.0 Å². The summed E-state index contributed by atoms with van der Waals surface area (Å²) in [7, 11) is 3.87. The molecule has 1 aliphatic rings. The van der Waals surface area contributed by atoms with Gasteiger partial charge >= 0.3 is 0 Å². The van der Waals surface area contributed by atoms with E-state index in [4.69, 9.17) is 10.9 Å². The van der Waals surface area contributed by atoms with Gasteiger partial charge in [0.2, 0.25) is 5.91 Å². The van der Waals surface area contributed by atoms with Crippen LogP contribution < -0.4 is 16.0 Å². The molecule has 0 bridgehead atoms. The third-order valence-electron chi connectivity index (χ3n) is 3.86. The van der Waals surface area contributed by atoms with Gasteiger partial charge < -0.3 is 21.2 Å². The van der Waals surface area contributed by atoms with Gasteiger partial charge in [0.05, 0.1) is 0 Å². The van der Waals surface area contributed by atoms with Crippen LogP contribution in [0.2, 0.25) is 0 Å². The maximum absolute atomic E-state index is 12.4. The highest BCUT2D eigenvalue weighted by Gasteiger charge is 2.48. The molecule has 6 nitrogen and oxygen atoms in total. The predicted octanol–water partition coefficient (Wildman–Crippen LogP) is 1.61. The average molecular weight is 276 g/mol. The summed E-state index contributed by atoms with van der Waals surface area (Å²) in [6, 6.07) is 7.54. The zero-order valence-electron chi connectivity index (χ0n) is 11.8. The molecular formula is C14H20N4O2. The van der Waals surface area contributed by atoms with Crippen LogP contribution in [0, 0.1) is 5.41 Å². The number of rotatable bonds is 4. The van der Waals surface area contributed by atoms with E-state index in [1.807, 2.05) is 43.3 Å². The molecule has 1 fully saturated rings. The minimum Gasteiger partial charge on any atom is -0.409 e. The van der Waals surface area contributed by atoms with Gasteiger partial charge in [-0.2, -0.15) is 0 Å². The molecule has 1 saturated carbocycles. The fourth-order valence-corrected chi connectivity index (χ4v) is 2.34. The molecule has 0 aromatic heterocycles. The van der Waals surface area contributed by atoms with Gasteiger partial charge in [-0.05, 0) is 31.0 Å². The molecule has 0 unspecified atom stereocenters. The number of nitrogens with one attached hydrogen (secondary N) is 1. The van der Waals surface area contributed by atoms with Crippen LogP contribution in [0.5, 0.6) is 0 Å². The number of hydrogen-bond donors (Lipinski definition) is 3. The Bertz CT molecular complexity index is 536. The van der Waals surface area contributed by atoms with E-state index in [2.05, 4.69) is 10.5 Å². The summed E-state index contributed by atoms with van der Waals surface area (Å²) in [5.41, 5.74) is 6.52. The van der Waals surface area contributed by atoms with Crippen molar-refractivity contribution in [2.24, 2.45) is 16.3 Å². The highest BCUT2D eigenvalue weighted by atomic mass is 16.4. The van der Waals surface area contributed by atoms with Crippen molar-refractivity contribution in [1.29, 1.82) is 0 Å². The maximum Gasteiger partial charge on any atom is 0.238 e. The number of carbonyl (C=O) groups is 1. The molecular weight excluding hydrogens is 256 g/mol. The van der Waals surface area contributed by atoms with Gasteiger partial charge in [0.25, 0.3) is 0 Å². The van der Waals surface area contributed by atoms with E-state index in [0.717, 1.165) is 12.1 Å². The van der Waals surface area contributed by atoms with Gasteiger partial charge in [0, 0.05) is 25.5 Å². The first-order chi connectivity index (χ1) is 9.49. The quantitative estimate of drug-likeness (QED) is 0.337. The molecule has 108 valence electrons. The molecule has 1 aromatic rings. The topological polar surface area (TPSA) is 91.0 Å². The fraction of sp³-hybridized carbons (Fsp3) is 0.429. The lowest BCUT2D eigenvalue weighted by Gasteiger charge is -2.38. The van der Waals surface area contributed by atoms with Crippen molar-refractivity contribution in [1.82, 2.24) is 0 Å². The minimum absolute atomic E-state index is 0.00925. The number of benzene rings is 1. The number of nitrogens with zero attached hydrogens (tertiary/aromatic N) is 2. The molecule has 2 rings (SSSR count). The smallest absolute Gasteiger partial charge is 0.238 e. The summed E-state index contributed by atoms with van der Waals surface area (Å²) in [6.45, 7) is 0. The molecule has 1 aliphatic carbocycles. The summed E-state index contributed by atoms with van der Waals surface area (Å²) in [4.78, 5) is 14.4. The molecule has 1 amide bonds. The van der Waals surface area contributed by atoms with Gasteiger partial charge in [-0.1, -0.05) is 17.6 Å². The second-order valence-electron chi connectivity index (χ2n) is 5.32. The van der Waals surface area contributed by atoms with Crippen molar-refractivity contribution in [2.45, 2.75) is 19.3 Å². The number of oxime groups is 1. The van der Waals surface area contributed by atoms with Crippen LogP contribution >= 0.6 is 0 Å². The number of hydrogen-bond acceptors (Lipinski definition) is 4. The monoisotopic (exact) mass is 276 g/mol. The highest BCUT2D eigenvalue weighted by molar-refractivity contribution is 6.12. The number of amides is 1. The zero-order chi connectivity index (χ0) is 14.8. The second-order valence-corrected chi connectivity index (χ2v) is 5.32. The summed E-state index contributed by atoms with van der Waals surface area (Å²) in [5, 5.41) is 14.7. The second kappa shape index (κ2) is 5.40. The van der Waals surface area contributed by atoms with Gasteiger partial charge in [0.15, 0.2) is 5.84 Å². The maximum atomic E-state index is 12.4. The Morgan fingerprint density at radius 2 is 2.15 bits per heavy atom. The van der Waals surface area contributed by atoms with Gasteiger partial charge in [0.1, 0.15) is 5.41 Å². The first kappa shape index (κ1) is 14.2. The Morgan fingerprint density at radius 1 is 1.45 bits per heavy atom. The van der Waals surface area contributed by atoms with Crippen LogP contribution in [0.4, 0.5) is 11.4 Å². The third kappa shape index (κ3) is 2.41. The number of nitrogens with two attached hydrogens (primary N) is 1. The lowest BCUT2D eigenvalue weighted by molar-refractivity contribution is -0.125. The Hall–Kier alpha value is -2.24. The molecule has 0 spiro atoms. The molecule has 0 heterocycles. The van der Waals surface area contributed by atoms with Crippen molar-refractivity contribution in [3.8, 4) is 0 Å². The lowest BCUT2D eigenvalue weighted by Crippen LogP contribution is -2.51. The summed E-state index contributed by atoms with van der Waals surface area (Å²) < 4.78 is 0. The van der Waals surface area contributed by atoms with Gasteiger partial charge in [-0.15, -0.1) is 0 Å². The lowest BCUT2D eigenvalue weighted by atomic mass is 9.67. The first-order valence-corrected chi connectivity index (χ1v) is 6.56. The first-order valence-electron chi connectivity index (χ1n) is 6.56. The fourth-order valence-electron chi connectivity index (χ4n) is 2.34. The minimum atomic E-state index is -0.858. The molecule has 4 N–H and O–H groups in total. The van der Waals surface area contributed by atoms with Gasteiger partial charge in [-0.25, -0.2) is 0 Å². The van der Waals surface area contributed by atoms with Crippen LogP contribution in [-0.4, -0.2) is 31.0 Å². The van der Waals surface area contributed by atoms with Crippen molar-refractivity contribution in [2.75, 3.05) is 24.3 Å². The summed E-state index contributed by atoms with van der Waals surface area (Å²) >= 11 is 0. The Balaban J connectivity index is 2.17. The Morgan fingerprint density at radius 3 is 2.65 bits per heavy atom. The predicted molar refractivity (Wildman–Crippen MR) is 79.1 cm³/mol. The van der Waals surface area contributed by atoms with Crippen molar-refractivity contribution in [3.05, 3.63) is 24.3 Å². The van der Waals surface area contributed by atoms with Crippen LogP contribution in [0.15, 0.2) is 29.4 Å². The standard InChI is InChI=1S/C14H20N4O2/c1-18(2)11-6-3-5-10(9-11)16-13(19)14(7-4-8-14)12(15)17-20/h3,5-6,9,20H,4,7-8H2,1-2H3,(H2,15,17)(H,16,19). The van der Waals surface area contributed by atoms with E-state index in [1.54, 1.807) is 0 Å². The van der Waals surface area contributed by atoms with E-state index in [0.29, 0.717) is 18.5 Å². The molecule has 0 saturated heterocycles. The summed E-state index contributed by atoms with van der Waals surface area (Å²) in [5.74, 6) is -0.222. The van der Waals surface area contributed by atoms with E-state index >= 15 is 0 Å². The van der Waals surface area contributed by atoms with Gasteiger partial charge in [-0.3, -0.25) is 4.79 Å². The largest absolute Gasteiger partial charge is 0.409 e. The van der Waals surface area contributed by atoms with Crippen LogP contribution in [0.3, 0.4) is 0 Å². The van der Waals surface area contributed by atoms with E-state index < -0.39 is 5.41 Å². The normalized spacial score (nSPS) is 17.2. The van der Waals surface area contributed by atoms with E-state index in [-0.39, 0.29) is 11.7 Å². The molecule has 0 aliphatic heterocycles. The Kier molecular flexibility index (Phi) is 3.83. The summed E-state index contributed by atoms with van der Waals surface area (Å²) in [6.07, 6.45) is 2.13. The molecule has 1 aromatic carbocycles. The SMILES string of the molecule is CN(C)c1cccc(NC(=O)C2(/C(N)=N/O)CCC2)c1. The Labute approximate surface area is 118 Å². The van der Waals surface area contributed by atoms with Crippen LogP contribution in [-0.2, 0) is 4.79 Å². The number of amidine groups is 1. The zero-order valence-corrected chi connectivity index (χ0v) is 11.8. The highest BCUT2D eigenvalue weighted by Crippen LogP contribution is 2.42. The average Bonchev–Trinajstić information content (AvgIpc) is 2.37. The van der Waals surface area contributed by atoms with E-state index in [1.165, 1.54) is 0 Å². The van der Waals surface area contributed by atoms with E-state index in [9.17, 15) is 4.79 Å².